The van der Waals surface area contributed by atoms with Gasteiger partial charge in [0.25, 0.3) is 0 Å². The van der Waals surface area contributed by atoms with E-state index in [9.17, 15) is 9.59 Å². The normalized spacial score (nSPS) is 18.3. The molecule has 1 aliphatic heterocycles. The van der Waals surface area contributed by atoms with Gasteiger partial charge in [0.2, 0.25) is 0 Å². The van der Waals surface area contributed by atoms with Crippen molar-refractivity contribution in [1.82, 2.24) is 0 Å². The molecule has 0 aliphatic carbocycles. The van der Waals surface area contributed by atoms with Crippen molar-refractivity contribution in [2.24, 2.45) is 5.92 Å². The Morgan fingerprint density at radius 3 is 2.64 bits per heavy atom. The van der Waals surface area contributed by atoms with E-state index in [4.69, 9.17) is 13.9 Å². The van der Waals surface area contributed by atoms with E-state index in [1.165, 1.54) is 0 Å². The second kappa shape index (κ2) is 7.89. The van der Waals surface area contributed by atoms with Gasteiger partial charge in [-0.05, 0) is 24.1 Å². The quantitative estimate of drug-likeness (QED) is 0.377. The summed E-state index contributed by atoms with van der Waals surface area (Å²) in [6.07, 6.45) is 1.74. The van der Waals surface area contributed by atoms with Gasteiger partial charge in [-0.2, -0.15) is 0 Å². The molecule has 3 aromatic rings. The average Bonchev–Trinajstić information content (AvgIpc) is 2.73. The number of rotatable bonds is 5. The number of unbranched alkanes of at least 4 members (excludes halogenated alkanes) is 1. The molecule has 1 aliphatic rings. The predicted octanol–water partition coefficient (Wildman–Crippen LogP) is 4.28. The number of esters is 1. The highest BCUT2D eigenvalue weighted by molar-refractivity contribution is 5.86. The zero-order valence-corrected chi connectivity index (χ0v) is 15.7. The lowest BCUT2D eigenvalue weighted by Crippen LogP contribution is -2.37. The maximum Gasteiger partial charge on any atom is 0.343 e. The van der Waals surface area contributed by atoms with Crippen LogP contribution in [-0.2, 0) is 9.53 Å². The number of para-hydroxylation sites is 1. The molecular weight excluding hydrogens is 356 g/mol. The van der Waals surface area contributed by atoms with Gasteiger partial charge in [0.05, 0.1) is 17.6 Å². The second-order valence-electron chi connectivity index (χ2n) is 6.96. The highest BCUT2D eigenvalue weighted by Gasteiger charge is 2.41. The van der Waals surface area contributed by atoms with E-state index in [1.807, 2.05) is 55.5 Å². The molecule has 0 unspecified atom stereocenters. The first-order valence-electron chi connectivity index (χ1n) is 9.60. The Balaban J connectivity index is 1.84. The van der Waals surface area contributed by atoms with Crippen LogP contribution in [0.25, 0.3) is 11.0 Å². The van der Waals surface area contributed by atoms with Crippen LogP contribution in [0.15, 0.2) is 63.8 Å². The van der Waals surface area contributed by atoms with Crippen molar-refractivity contribution in [2.75, 3.05) is 13.2 Å². The molecule has 0 spiro atoms. The molecule has 5 heteroatoms. The summed E-state index contributed by atoms with van der Waals surface area (Å²) in [4.78, 5) is 25.7. The maximum atomic E-state index is 12.9. The molecule has 2 atom stereocenters. The topological polar surface area (TPSA) is 65.7 Å². The molecule has 0 saturated carbocycles. The van der Waals surface area contributed by atoms with Gasteiger partial charge in [-0.3, -0.25) is 4.79 Å². The van der Waals surface area contributed by atoms with Gasteiger partial charge < -0.3 is 13.9 Å². The summed E-state index contributed by atoms with van der Waals surface area (Å²) in [5.74, 6) is -0.922. The molecular formula is C23H22O5. The van der Waals surface area contributed by atoms with Crippen LogP contribution >= 0.6 is 0 Å². The van der Waals surface area contributed by atoms with Crippen LogP contribution in [0.5, 0.6) is 5.75 Å². The summed E-state index contributed by atoms with van der Waals surface area (Å²) >= 11 is 0. The lowest BCUT2D eigenvalue weighted by atomic mass is 9.79. The van der Waals surface area contributed by atoms with Gasteiger partial charge in [-0.15, -0.1) is 0 Å². The maximum absolute atomic E-state index is 12.9. The SMILES string of the molecule is CCCCOC(=O)[C@@H]1COc2c(c(=O)oc3ccccc23)[C@H]1c1ccccc1. The van der Waals surface area contributed by atoms with Crippen LogP contribution in [0.4, 0.5) is 0 Å². The minimum Gasteiger partial charge on any atom is -0.491 e. The Morgan fingerprint density at radius 2 is 1.86 bits per heavy atom. The molecule has 5 nitrogen and oxygen atoms in total. The molecule has 0 bridgehead atoms. The van der Waals surface area contributed by atoms with Crippen LogP contribution in [0.3, 0.4) is 0 Å². The van der Waals surface area contributed by atoms with Crippen LogP contribution < -0.4 is 10.4 Å². The van der Waals surface area contributed by atoms with Crippen LogP contribution in [0, 0.1) is 5.92 Å². The lowest BCUT2D eigenvalue weighted by Gasteiger charge is -2.32. The standard InChI is InChI=1S/C23H22O5/c1-2-3-13-26-22(24)17-14-27-21-16-11-7-8-12-18(16)28-23(25)20(21)19(17)15-9-5-4-6-10-15/h4-12,17,19H,2-3,13-14H2,1H3/t17-,19+/m1/s1. The monoisotopic (exact) mass is 378 g/mol. The Hall–Kier alpha value is -3.08. The molecule has 0 saturated heterocycles. The molecule has 1 aromatic heterocycles. The number of hydrogen-bond acceptors (Lipinski definition) is 5. The predicted molar refractivity (Wildman–Crippen MR) is 106 cm³/mol. The molecule has 2 aromatic carbocycles. The van der Waals surface area contributed by atoms with E-state index in [0.29, 0.717) is 23.5 Å². The Kier molecular flexibility index (Phi) is 5.15. The smallest absolute Gasteiger partial charge is 0.343 e. The number of ether oxygens (including phenoxy) is 2. The van der Waals surface area contributed by atoms with E-state index in [0.717, 1.165) is 23.8 Å². The lowest BCUT2D eigenvalue weighted by molar-refractivity contribution is -0.150. The van der Waals surface area contributed by atoms with Crippen molar-refractivity contribution in [3.63, 3.8) is 0 Å². The van der Waals surface area contributed by atoms with Crippen molar-refractivity contribution in [1.29, 1.82) is 0 Å². The van der Waals surface area contributed by atoms with Crippen molar-refractivity contribution >= 4 is 16.9 Å². The zero-order valence-electron chi connectivity index (χ0n) is 15.7. The van der Waals surface area contributed by atoms with Crippen LogP contribution in [0.2, 0.25) is 0 Å². The average molecular weight is 378 g/mol. The number of carbonyl (C=O) groups is 1. The third-order valence-electron chi connectivity index (χ3n) is 5.12. The van der Waals surface area contributed by atoms with Crippen LogP contribution in [0.1, 0.15) is 36.8 Å². The fraction of sp³-hybridized carbons (Fsp3) is 0.304. The molecule has 0 N–H and O–H groups in total. The molecule has 0 amide bonds. The third kappa shape index (κ3) is 3.28. The zero-order chi connectivity index (χ0) is 19.5. The first kappa shape index (κ1) is 18.3. The number of hydrogen-bond donors (Lipinski definition) is 0. The fourth-order valence-corrected chi connectivity index (χ4v) is 3.72. The van der Waals surface area contributed by atoms with Gasteiger partial charge in [0.15, 0.2) is 0 Å². The van der Waals surface area contributed by atoms with E-state index < -0.39 is 17.5 Å². The number of carbonyl (C=O) groups excluding carboxylic acids is 1. The van der Waals surface area contributed by atoms with Crippen molar-refractivity contribution in [3.05, 3.63) is 76.1 Å². The van der Waals surface area contributed by atoms with Gasteiger partial charge >= 0.3 is 11.6 Å². The van der Waals surface area contributed by atoms with Gasteiger partial charge in [0, 0.05) is 5.92 Å². The first-order valence-corrected chi connectivity index (χ1v) is 9.60. The minimum absolute atomic E-state index is 0.158. The third-order valence-corrected chi connectivity index (χ3v) is 5.12. The Bertz CT molecular complexity index is 1040. The fourth-order valence-electron chi connectivity index (χ4n) is 3.72. The van der Waals surface area contributed by atoms with Crippen molar-refractivity contribution in [3.8, 4) is 5.75 Å². The van der Waals surface area contributed by atoms with Crippen molar-refractivity contribution < 1.29 is 18.7 Å². The second-order valence-corrected chi connectivity index (χ2v) is 6.96. The molecule has 4 rings (SSSR count). The Morgan fingerprint density at radius 1 is 1.11 bits per heavy atom. The molecule has 144 valence electrons. The largest absolute Gasteiger partial charge is 0.491 e. The summed E-state index contributed by atoms with van der Waals surface area (Å²) < 4.78 is 17.0. The molecule has 2 heterocycles. The van der Waals surface area contributed by atoms with Crippen molar-refractivity contribution in [2.45, 2.75) is 25.7 Å². The summed E-state index contributed by atoms with van der Waals surface area (Å²) in [7, 11) is 0. The van der Waals surface area contributed by atoms with Crippen LogP contribution in [-0.4, -0.2) is 19.2 Å². The van der Waals surface area contributed by atoms with Gasteiger partial charge in [-0.25, -0.2) is 4.79 Å². The highest BCUT2D eigenvalue weighted by Crippen LogP contribution is 2.43. The highest BCUT2D eigenvalue weighted by atomic mass is 16.5. The Labute approximate surface area is 162 Å². The number of benzene rings is 2. The van der Waals surface area contributed by atoms with Gasteiger partial charge in [-0.1, -0.05) is 55.8 Å². The van der Waals surface area contributed by atoms with E-state index in [-0.39, 0.29) is 12.6 Å². The van der Waals surface area contributed by atoms with E-state index >= 15 is 0 Å². The molecule has 0 fully saturated rings. The molecule has 0 radical (unpaired) electrons. The van der Waals surface area contributed by atoms with Gasteiger partial charge in [0.1, 0.15) is 23.9 Å². The number of fused-ring (bicyclic) bond motifs is 3. The minimum atomic E-state index is -0.601. The summed E-state index contributed by atoms with van der Waals surface area (Å²) in [6, 6.07) is 16.8. The summed E-state index contributed by atoms with van der Waals surface area (Å²) in [5, 5.41) is 0.732. The summed E-state index contributed by atoms with van der Waals surface area (Å²) in [5.41, 5.74) is 1.25. The summed E-state index contributed by atoms with van der Waals surface area (Å²) in [6.45, 7) is 2.56. The molecule has 28 heavy (non-hydrogen) atoms. The van der Waals surface area contributed by atoms with E-state index in [2.05, 4.69) is 0 Å². The first-order chi connectivity index (χ1) is 13.7. The van der Waals surface area contributed by atoms with E-state index in [1.54, 1.807) is 6.07 Å².